The molecule has 5 rings (SSSR count). The zero-order valence-electron chi connectivity index (χ0n) is 18.7. The molecule has 3 aliphatic rings. The third-order valence-electron chi connectivity index (χ3n) is 6.84. The first kappa shape index (κ1) is 23.1. The van der Waals surface area contributed by atoms with Crippen LogP contribution in [0.25, 0.3) is 5.57 Å². The van der Waals surface area contributed by atoms with Gasteiger partial charge in [-0.05, 0) is 62.6 Å². The van der Waals surface area contributed by atoms with Gasteiger partial charge in [-0.15, -0.1) is 0 Å². The van der Waals surface area contributed by atoms with Gasteiger partial charge in [-0.2, -0.15) is 0 Å². The summed E-state index contributed by atoms with van der Waals surface area (Å²) in [5, 5.41) is 0.689. The number of halogens is 2. The molecule has 33 heavy (non-hydrogen) atoms. The van der Waals surface area contributed by atoms with Crippen LogP contribution in [-0.4, -0.2) is 33.1 Å². The van der Waals surface area contributed by atoms with Crippen LogP contribution in [0.4, 0.5) is 5.69 Å². The zero-order chi connectivity index (χ0) is 23.9. The number of anilines is 1. The first-order valence-corrected chi connectivity index (χ1v) is 13.1. The van der Waals surface area contributed by atoms with E-state index in [1.165, 1.54) is 11.8 Å². The standard InChI is InChI=1S/C25H22BrClN2O2S2/c1-5-28-22(31)20(33-23(28)32)18-16-10-14(26)11-17-19(16)29(21(18)30)24(2,3)12-25(17,4)13-6-8-15(27)9-7-13/h6-11H,5,12H2,1-4H3/b20-18-. The van der Waals surface area contributed by atoms with E-state index in [0.29, 0.717) is 26.4 Å². The van der Waals surface area contributed by atoms with Crippen molar-refractivity contribution in [2.45, 2.75) is 45.1 Å². The van der Waals surface area contributed by atoms with Crippen LogP contribution in [0, 0.1) is 0 Å². The fraction of sp³-hybridized carbons (Fsp3) is 0.320. The maximum absolute atomic E-state index is 13.9. The average Bonchev–Trinajstić information content (AvgIpc) is 3.18. The Hall–Kier alpha value is -1.67. The average molecular weight is 562 g/mol. The summed E-state index contributed by atoms with van der Waals surface area (Å²) < 4.78 is 1.36. The zero-order valence-corrected chi connectivity index (χ0v) is 22.6. The molecule has 2 aromatic rings. The minimum Gasteiger partial charge on any atom is -0.302 e. The SMILES string of the molecule is CCN1C(=O)/C(=C2/C(=O)N3c4c2cc(Br)cc4C(C)(c2ccc(Cl)cc2)CC3(C)C)SC1=S. The minimum absolute atomic E-state index is 0.135. The van der Waals surface area contributed by atoms with Crippen molar-refractivity contribution in [3.63, 3.8) is 0 Å². The molecule has 2 aromatic carbocycles. The minimum atomic E-state index is -0.472. The molecule has 3 aliphatic heterocycles. The second-order valence-electron chi connectivity index (χ2n) is 9.44. The van der Waals surface area contributed by atoms with Crippen LogP contribution >= 0.6 is 51.5 Å². The number of likely N-dealkylation sites (N-methyl/N-ethyl adjacent to an activating group) is 1. The molecule has 0 aliphatic carbocycles. The molecule has 0 spiro atoms. The second-order valence-corrected chi connectivity index (χ2v) is 12.4. The smallest absolute Gasteiger partial charge is 0.266 e. The number of rotatable bonds is 2. The summed E-state index contributed by atoms with van der Waals surface area (Å²) in [4.78, 5) is 31.0. The summed E-state index contributed by atoms with van der Waals surface area (Å²) in [5.74, 6) is -0.327. The van der Waals surface area contributed by atoms with Gasteiger partial charge in [-0.1, -0.05) is 70.6 Å². The first-order chi connectivity index (χ1) is 15.5. The molecule has 170 valence electrons. The molecule has 0 radical (unpaired) electrons. The third kappa shape index (κ3) is 3.27. The molecule has 3 heterocycles. The van der Waals surface area contributed by atoms with Gasteiger partial charge in [0, 0.05) is 32.6 Å². The van der Waals surface area contributed by atoms with Gasteiger partial charge in [-0.3, -0.25) is 14.5 Å². The highest BCUT2D eigenvalue weighted by molar-refractivity contribution is 9.10. The van der Waals surface area contributed by atoms with Crippen LogP contribution in [-0.2, 0) is 15.0 Å². The van der Waals surface area contributed by atoms with E-state index in [0.717, 1.165) is 33.3 Å². The number of hydrogen-bond acceptors (Lipinski definition) is 4. The first-order valence-electron chi connectivity index (χ1n) is 10.7. The van der Waals surface area contributed by atoms with E-state index in [1.807, 2.05) is 30.0 Å². The highest BCUT2D eigenvalue weighted by atomic mass is 79.9. The number of thioether (sulfide) groups is 1. The van der Waals surface area contributed by atoms with E-state index in [1.54, 1.807) is 4.90 Å². The molecule has 1 unspecified atom stereocenters. The van der Waals surface area contributed by atoms with Gasteiger partial charge in [0.15, 0.2) is 0 Å². The van der Waals surface area contributed by atoms with Gasteiger partial charge in [0.2, 0.25) is 0 Å². The Morgan fingerprint density at radius 1 is 1.12 bits per heavy atom. The number of amides is 2. The third-order valence-corrected chi connectivity index (χ3v) is 9.00. The molecule has 1 atom stereocenters. The summed E-state index contributed by atoms with van der Waals surface area (Å²) in [5.41, 5.74) is 3.50. The van der Waals surface area contributed by atoms with Gasteiger partial charge in [0.1, 0.15) is 4.32 Å². The molecule has 0 aromatic heterocycles. The van der Waals surface area contributed by atoms with Gasteiger partial charge >= 0.3 is 0 Å². The predicted octanol–water partition coefficient (Wildman–Crippen LogP) is 6.53. The van der Waals surface area contributed by atoms with E-state index in [-0.39, 0.29) is 17.2 Å². The molecule has 2 amide bonds. The molecular formula is C25H22BrClN2O2S2. The monoisotopic (exact) mass is 560 g/mol. The van der Waals surface area contributed by atoms with Crippen LogP contribution in [0.15, 0.2) is 45.8 Å². The molecule has 1 saturated heterocycles. The van der Waals surface area contributed by atoms with Crippen molar-refractivity contribution in [2.75, 3.05) is 11.4 Å². The Labute approximate surface area is 216 Å². The van der Waals surface area contributed by atoms with E-state index in [9.17, 15) is 9.59 Å². The van der Waals surface area contributed by atoms with E-state index in [4.69, 9.17) is 23.8 Å². The van der Waals surface area contributed by atoms with Crippen molar-refractivity contribution < 1.29 is 9.59 Å². The van der Waals surface area contributed by atoms with Crippen molar-refractivity contribution in [1.82, 2.24) is 4.90 Å². The second kappa shape index (κ2) is 7.67. The lowest BCUT2D eigenvalue weighted by Gasteiger charge is -2.49. The summed E-state index contributed by atoms with van der Waals surface area (Å²) in [6, 6.07) is 12.0. The summed E-state index contributed by atoms with van der Waals surface area (Å²) in [7, 11) is 0. The van der Waals surface area contributed by atoms with Crippen molar-refractivity contribution in [3.05, 3.63) is 67.5 Å². The maximum atomic E-state index is 13.9. The number of benzene rings is 2. The van der Waals surface area contributed by atoms with Crippen molar-refractivity contribution in [1.29, 1.82) is 0 Å². The molecule has 8 heteroatoms. The Balaban J connectivity index is 1.81. The predicted molar refractivity (Wildman–Crippen MR) is 143 cm³/mol. The number of carbonyl (C=O) groups is 2. The number of carbonyl (C=O) groups excluding carboxylic acids is 2. The maximum Gasteiger partial charge on any atom is 0.266 e. The Kier molecular flexibility index (Phi) is 5.37. The van der Waals surface area contributed by atoms with Crippen LogP contribution in [0.3, 0.4) is 0 Å². The summed E-state index contributed by atoms with van der Waals surface area (Å²) >= 11 is 16.5. The van der Waals surface area contributed by atoms with Crippen molar-refractivity contribution >= 4 is 78.9 Å². The Morgan fingerprint density at radius 3 is 2.39 bits per heavy atom. The Morgan fingerprint density at radius 2 is 1.79 bits per heavy atom. The molecule has 0 bridgehead atoms. The number of thiocarbonyl (C=S) groups is 1. The van der Waals surface area contributed by atoms with Crippen LogP contribution in [0.5, 0.6) is 0 Å². The van der Waals surface area contributed by atoms with Crippen LogP contribution < -0.4 is 4.90 Å². The van der Waals surface area contributed by atoms with E-state index in [2.05, 4.69) is 54.9 Å². The van der Waals surface area contributed by atoms with E-state index >= 15 is 0 Å². The molecule has 1 fully saturated rings. The fourth-order valence-electron chi connectivity index (χ4n) is 5.51. The summed E-state index contributed by atoms with van der Waals surface area (Å²) in [6.07, 6.45) is 0.722. The van der Waals surface area contributed by atoms with E-state index < -0.39 is 5.54 Å². The van der Waals surface area contributed by atoms with Gasteiger partial charge < -0.3 is 4.90 Å². The van der Waals surface area contributed by atoms with Crippen molar-refractivity contribution in [2.24, 2.45) is 0 Å². The largest absolute Gasteiger partial charge is 0.302 e. The topological polar surface area (TPSA) is 40.6 Å². The quantitative estimate of drug-likeness (QED) is 0.309. The molecule has 0 N–H and O–H groups in total. The lowest BCUT2D eigenvalue weighted by atomic mass is 9.65. The number of hydrogen-bond donors (Lipinski definition) is 0. The highest BCUT2D eigenvalue weighted by Gasteiger charge is 2.54. The van der Waals surface area contributed by atoms with Gasteiger partial charge in [-0.25, -0.2) is 0 Å². The summed E-state index contributed by atoms with van der Waals surface area (Å²) in [6.45, 7) is 8.77. The molecule has 4 nitrogen and oxygen atoms in total. The highest BCUT2D eigenvalue weighted by Crippen LogP contribution is 2.58. The fourth-order valence-corrected chi connectivity index (χ4v) is 7.55. The Bertz CT molecular complexity index is 1290. The molecule has 0 saturated carbocycles. The number of nitrogens with zero attached hydrogens (tertiary/aromatic N) is 2. The van der Waals surface area contributed by atoms with Crippen molar-refractivity contribution in [3.8, 4) is 0 Å². The lowest BCUT2D eigenvalue weighted by Crippen LogP contribution is -2.54. The lowest BCUT2D eigenvalue weighted by molar-refractivity contribution is -0.122. The molecular weight excluding hydrogens is 540 g/mol. The van der Waals surface area contributed by atoms with Crippen LogP contribution in [0.2, 0.25) is 5.02 Å². The van der Waals surface area contributed by atoms with Gasteiger partial charge in [0.05, 0.1) is 16.2 Å². The van der Waals surface area contributed by atoms with Gasteiger partial charge in [0.25, 0.3) is 11.8 Å². The van der Waals surface area contributed by atoms with Crippen LogP contribution in [0.1, 0.15) is 50.8 Å². The normalized spacial score (nSPS) is 25.8.